The molecule has 1 heterocycles. The van der Waals surface area contributed by atoms with Gasteiger partial charge in [0.05, 0.1) is 11.4 Å². The molecule has 0 spiro atoms. The molecule has 0 saturated carbocycles. The maximum Gasteiger partial charge on any atom is 0.233 e. The third-order valence-corrected chi connectivity index (χ3v) is 4.55. The van der Waals surface area contributed by atoms with Crippen LogP contribution in [0.2, 0.25) is 0 Å². The molecule has 0 fully saturated rings. The van der Waals surface area contributed by atoms with E-state index in [0.717, 1.165) is 11.4 Å². The van der Waals surface area contributed by atoms with Crippen molar-refractivity contribution in [3.8, 4) is 5.69 Å². The second-order valence-corrected chi connectivity index (χ2v) is 5.99. The van der Waals surface area contributed by atoms with E-state index in [0.29, 0.717) is 15.5 Å². The van der Waals surface area contributed by atoms with Crippen LogP contribution in [0.25, 0.3) is 5.69 Å². The van der Waals surface area contributed by atoms with Crippen molar-refractivity contribution >= 4 is 34.6 Å². The summed E-state index contributed by atoms with van der Waals surface area (Å²) in [5, 5.41) is 11.8. The maximum atomic E-state index is 8.32. The molecule has 5 nitrogen and oxygen atoms in total. The molecule has 7 heteroatoms. The molecule has 116 valence electrons. The largest absolute Gasteiger partial charge is 0.364 e. The molecule has 0 amide bonds. The minimum absolute atomic E-state index is 0.350. The maximum absolute atomic E-state index is 8.32. The molecule has 1 aromatic heterocycles. The van der Waals surface area contributed by atoms with Gasteiger partial charge in [0.25, 0.3) is 0 Å². The van der Waals surface area contributed by atoms with Gasteiger partial charge in [-0.3, -0.25) is 9.98 Å². The van der Waals surface area contributed by atoms with Crippen LogP contribution in [0.4, 0.5) is 5.69 Å². The molecule has 0 unspecified atom stereocenters. The highest BCUT2D eigenvalue weighted by Crippen LogP contribution is 2.09. The number of nitrogens with zero attached hydrogens (tertiary/aromatic N) is 3. The molecule has 0 aliphatic heterocycles. The van der Waals surface area contributed by atoms with Gasteiger partial charge in [-0.2, -0.15) is 0 Å². The standard InChI is InChI=1S/C16H15N5S2/c1-18-16(22)21-15(19-12-8-4-2-5-9-12)20(14(17)23-21)13-10-6-3-7-11-13/h2-11,17H,1H3,(H,18,22). The zero-order valence-corrected chi connectivity index (χ0v) is 14.1. The predicted octanol–water partition coefficient (Wildman–Crippen LogP) is 2.40. The van der Waals surface area contributed by atoms with Crippen molar-refractivity contribution in [3.63, 3.8) is 0 Å². The number of nitrogens with one attached hydrogen (secondary N) is 2. The van der Waals surface area contributed by atoms with Gasteiger partial charge < -0.3 is 5.32 Å². The lowest BCUT2D eigenvalue weighted by molar-refractivity contribution is 0.851. The molecule has 0 atom stereocenters. The Morgan fingerprint density at radius 3 is 2.30 bits per heavy atom. The second kappa shape index (κ2) is 6.72. The molecule has 3 aromatic rings. The fourth-order valence-corrected chi connectivity index (χ4v) is 3.12. The van der Waals surface area contributed by atoms with Crippen molar-refractivity contribution in [1.82, 2.24) is 13.8 Å². The van der Waals surface area contributed by atoms with Crippen molar-refractivity contribution in [2.24, 2.45) is 4.99 Å². The second-order valence-electron chi connectivity index (χ2n) is 4.66. The van der Waals surface area contributed by atoms with Crippen LogP contribution in [0.1, 0.15) is 0 Å². The average Bonchev–Trinajstić information content (AvgIpc) is 2.92. The summed E-state index contributed by atoms with van der Waals surface area (Å²) in [7, 11) is 1.76. The molecule has 0 radical (unpaired) electrons. The Hall–Kier alpha value is -2.51. The highest BCUT2D eigenvalue weighted by molar-refractivity contribution is 7.80. The van der Waals surface area contributed by atoms with E-state index in [1.165, 1.54) is 11.5 Å². The summed E-state index contributed by atoms with van der Waals surface area (Å²) in [6.45, 7) is 0. The summed E-state index contributed by atoms with van der Waals surface area (Å²) >= 11 is 6.59. The van der Waals surface area contributed by atoms with Crippen LogP contribution >= 0.6 is 23.8 Å². The molecule has 0 bridgehead atoms. The molecule has 0 aliphatic carbocycles. The lowest BCUT2D eigenvalue weighted by Gasteiger charge is -2.05. The Kier molecular flexibility index (Phi) is 4.50. The van der Waals surface area contributed by atoms with E-state index in [4.69, 9.17) is 22.6 Å². The molecule has 2 aromatic carbocycles. The predicted molar refractivity (Wildman–Crippen MR) is 96.2 cm³/mol. The lowest BCUT2D eigenvalue weighted by Crippen LogP contribution is -2.35. The zero-order valence-electron chi connectivity index (χ0n) is 12.4. The number of para-hydroxylation sites is 2. The molecule has 23 heavy (non-hydrogen) atoms. The summed E-state index contributed by atoms with van der Waals surface area (Å²) in [5.41, 5.74) is 2.28. The SMILES string of the molecule is CNC(=S)n1sc(=N)n(-c2ccccc2)c1=Nc1ccccc1. The molecule has 0 aliphatic rings. The van der Waals surface area contributed by atoms with E-state index in [1.54, 1.807) is 15.6 Å². The first-order valence-electron chi connectivity index (χ1n) is 6.98. The molecule has 2 N–H and O–H groups in total. The van der Waals surface area contributed by atoms with Gasteiger partial charge in [-0.1, -0.05) is 36.4 Å². The Morgan fingerprint density at radius 1 is 1.09 bits per heavy atom. The number of aromatic nitrogens is 2. The van der Waals surface area contributed by atoms with Gasteiger partial charge in [0.15, 0.2) is 5.11 Å². The van der Waals surface area contributed by atoms with Crippen LogP contribution in [0, 0.1) is 5.41 Å². The fourth-order valence-electron chi connectivity index (χ4n) is 2.11. The van der Waals surface area contributed by atoms with Crippen LogP contribution in [-0.4, -0.2) is 20.7 Å². The minimum Gasteiger partial charge on any atom is -0.364 e. The van der Waals surface area contributed by atoms with Crippen LogP contribution in [0.5, 0.6) is 0 Å². The Bertz CT molecular complexity index is 936. The third-order valence-electron chi connectivity index (χ3n) is 3.16. The Balaban J connectivity index is 2.33. The Morgan fingerprint density at radius 2 is 1.70 bits per heavy atom. The van der Waals surface area contributed by atoms with Crippen LogP contribution in [-0.2, 0) is 0 Å². The number of thiocarbonyl (C=S) groups is 1. The van der Waals surface area contributed by atoms with Gasteiger partial charge >= 0.3 is 0 Å². The summed E-state index contributed by atoms with van der Waals surface area (Å²) in [4.78, 5) is 5.05. The van der Waals surface area contributed by atoms with Gasteiger partial charge in [0.2, 0.25) is 10.4 Å². The first-order valence-corrected chi connectivity index (χ1v) is 8.16. The van der Waals surface area contributed by atoms with Gasteiger partial charge in [0.1, 0.15) is 0 Å². The molecular weight excluding hydrogens is 326 g/mol. The molecule has 3 rings (SSSR count). The van der Waals surface area contributed by atoms with E-state index in [-0.39, 0.29) is 0 Å². The van der Waals surface area contributed by atoms with E-state index < -0.39 is 0 Å². The van der Waals surface area contributed by atoms with Crippen molar-refractivity contribution in [1.29, 1.82) is 5.41 Å². The van der Waals surface area contributed by atoms with Crippen LogP contribution in [0.3, 0.4) is 0 Å². The van der Waals surface area contributed by atoms with Crippen LogP contribution < -0.4 is 15.7 Å². The van der Waals surface area contributed by atoms with Crippen LogP contribution in [0.15, 0.2) is 65.7 Å². The smallest absolute Gasteiger partial charge is 0.233 e. The number of hydrogen-bond donors (Lipinski definition) is 2. The fraction of sp³-hybridized carbons (Fsp3) is 0.0625. The van der Waals surface area contributed by atoms with E-state index >= 15 is 0 Å². The van der Waals surface area contributed by atoms with E-state index in [9.17, 15) is 0 Å². The van der Waals surface area contributed by atoms with Crippen molar-refractivity contribution in [2.75, 3.05) is 7.05 Å². The monoisotopic (exact) mass is 341 g/mol. The van der Waals surface area contributed by atoms with Gasteiger partial charge in [0, 0.05) is 7.05 Å². The van der Waals surface area contributed by atoms with Gasteiger partial charge in [-0.15, -0.1) is 0 Å². The first kappa shape index (κ1) is 15.4. The Labute approximate surface area is 142 Å². The van der Waals surface area contributed by atoms with Crippen molar-refractivity contribution in [3.05, 3.63) is 71.1 Å². The summed E-state index contributed by atoms with van der Waals surface area (Å²) in [6.07, 6.45) is 0. The zero-order chi connectivity index (χ0) is 16.2. The lowest BCUT2D eigenvalue weighted by atomic mass is 10.3. The summed E-state index contributed by atoms with van der Waals surface area (Å²) in [6, 6.07) is 19.4. The average molecular weight is 341 g/mol. The molecular formula is C16H15N5S2. The quantitative estimate of drug-likeness (QED) is 0.703. The van der Waals surface area contributed by atoms with Crippen molar-refractivity contribution in [2.45, 2.75) is 0 Å². The van der Waals surface area contributed by atoms with Crippen molar-refractivity contribution < 1.29 is 0 Å². The van der Waals surface area contributed by atoms with E-state index in [2.05, 4.69) is 5.32 Å². The summed E-state index contributed by atoms with van der Waals surface area (Å²) < 4.78 is 3.53. The number of benzene rings is 2. The van der Waals surface area contributed by atoms with E-state index in [1.807, 2.05) is 60.7 Å². The number of hydrogen-bond acceptors (Lipinski definition) is 4. The number of rotatable bonds is 2. The normalized spacial score (nSPS) is 11.4. The third kappa shape index (κ3) is 3.15. The topological polar surface area (TPSA) is 58.1 Å². The summed E-state index contributed by atoms with van der Waals surface area (Å²) in [5.74, 6) is 0. The van der Waals surface area contributed by atoms with Gasteiger partial charge in [-0.05, 0) is 48.0 Å². The first-order chi connectivity index (χ1) is 11.2. The highest BCUT2D eigenvalue weighted by Gasteiger charge is 2.11. The minimum atomic E-state index is 0.350. The molecule has 0 saturated heterocycles. The van der Waals surface area contributed by atoms with Gasteiger partial charge in [-0.25, -0.2) is 8.95 Å². The highest BCUT2D eigenvalue weighted by atomic mass is 32.1.